The Kier molecular flexibility index (Phi) is 4.29. The standard InChI is InChI=1S/C13H16N4O3/c1-2-3-4-13(18)14-8-12-15-10-6-5-9(17(19)20)7-11(10)16-12/h5-7H,2-4,8H2,1H3,(H,14,18)(H,15,16). The van der Waals surface area contributed by atoms with Gasteiger partial charge in [0.05, 0.1) is 22.5 Å². The second-order valence-corrected chi connectivity index (χ2v) is 4.52. The Balaban J connectivity index is 2.04. The molecule has 1 aromatic heterocycles. The lowest BCUT2D eigenvalue weighted by molar-refractivity contribution is -0.384. The highest BCUT2D eigenvalue weighted by molar-refractivity contribution is 5.78. The summed E-state index contributed by atoms with van der Waals surface area (Å²) in [7, 11) is 0. The van der Waals surface area contributed by atoms with Crippen molar-refractivity contribution >= 4 is 22.6 Å². The van der Waals surface area contributed by atoms with Gasteiger partial charge < -0.3 is 10.3 Å². The highest BCUT2D eigenvalue weighted by Crippen LogP contribution is 2.18. The second kappa shape index (κ2) is 6.14. The Bertz CT molecular complexity index is 636. The molecule has 0 atom stereocenters. The zero-order valence-corrected chi connectivity index (χ0v) is 11.2. The number of rotatable bonds is 6. The molecule has 0 saturated carbocycles. The summed E-state index contributed by atoms with van der Waals surface area (Å²) in [6.07, 6.45) is 2.34. The molecule has 0 aliphatic rings. The van der Waals surface area contributed by atoms with Crippen molar-refractivity contribution in [2.75, 3.05) is 0 Å². The van der Waals surface area contributed by atoms with E-state index in [1.807, 2.05) is 6.92 Å². The third kappa shape index (κ3) is 3.31. The largest absolute Gasteiger partial charge is 0.349 e. The Morgan fingerprint density at radius 3 is 3.00 bits per heavy atom. The van der Waals surface area contributed by atoms with Gasteiger partial charge in [-0.25, -0.2) is 4.98 Å². The number of carbonyl (C=O) groups is 1. The molecule has 1 amide bonds. The number of amides is 1. The molecule has 2 N–H and O–H groups in total. The van der Waals surface area contributed by atoms with Gasteiger partial charge in [-0.3, -0.25) is 14.9 Å². The van der Waals surface area contributed by atoms with Crippen LogP contribution in [0.4, 0.5) is 5.69 Å². The van der Waals surface area contributed by atoms with Crippen LogP contribution in [0.1, 0.15) is 32.0 Å². The van der Waals surface area contributed by atoms with E-state index < -0.39 is 4.92 Å². The third-order valence-electron chi connectivity index (χ3n) is 2.94. The number of nitro benzene ring substituents is 1. The first-order chi connectivity index (χ1) is 9.60. The molecule has 0 fully saturated rings. The molecule has 1 heterocycles. The summed E-state index contributed by atoms with van der Waals surface area (Å²) >= 11 is 0. The van der Waals surface area contributed by atoms with Crippen molar-refractivity contribution in [1.29, 1.82) is 0 Å². The number of hydrogen-bond donors (Lipinski definition) is 2. The predicted octanol–water partition coefficient (Wildman–Crippen LogP) is 2.28. The third-order valence-corrected chi connectivity index (χ3v) is 2.94. The van der Waals surface area contributed by atoms with E-state index in [0.717, 1.165) is 12.8 Å². The van der Waals surface area contributed by atoms with E-state index in [9.17, 15) is 14.9 Å². The van der Waals surface area contributed by atoms with Crippen LogP contribution < -0.4 is 5.32 Å². The van der Waals surface area contributed by atoms with E-state index in [0.29, 0.717) is 29.8 Å². The molecule has 20 heavy (non-hydrogen) atoms. The summed E-state index contributed by atoms with van der Waals surface area (Å²) in [5.41, 5.74) is 1.25. The van der Waals surface area contributed by atoms with Gasteiger partial charge >= 0.3 is 0 Å². The number of fused-ring (bicyclic) bond motifs is 1. The average molecular weight is 276 g/mol. The number of nitro groups is 1. The number of benzene rings is 1. The maximum atomic E-state index is 11.5. The van der Waals surface area contributed by atoms with Gasteiger partial charge in [0.15, 0.2) is 0 Å². The number of non-ortho nitro benzene ring substituents is 1. The molecule has 0 spiro atoms. The molecule has 7 heteroatoms. The topological polar surface area (TPSA) is 101 Å². The summed E-state index contributed by atoms with van der Waals surface area (Å²) in [6.45, 7) is 2.32. The van der Waals surface area contributed by atoms with Crippen LogP contribution in [-0.4, -0.2) is 20.8 Å². The zero-order chi connectivity index (χ0) is 14.5. The van der Waals surface area contributed by atoms with Crippen LogP contribution in [0.15, 0.2) is 18.2 Å². The minimum atomic E-state index is -0.452. The molecule has 0 aliphatic heterocycles. The molecule has 0 bridgehead atoms. The number of aromatic amines is 1. The summed E-state index contributed by atoms with van der Waals surface area (Å²) in [5.74, 6) is 0.573. The first-order valence-corrected chi connectivity index (χ1v) is 6.50. The van der Waals surface area contributed by atoms with Gasteiger partial charge in [0.25, 0.3) is 5.69 Å². The van der Waals surface area contributed by atoms with Gasteiger partial charge in [-0.15, -0.1) is 0 Å². The number of carbonyl (C=O) groups excluding carboxylic acids is 1. The van der Waals surface area contributed by atoms with E-state index >= 15 is 0 Å². The molecule has 2 rings (SSSR count). The monoisotopic (exact) mass is 276 g/mol. The highest BCUT2D eigenvalue weighted by atomic mass is 16.6. The summed E-state index contributed by atoms with van der Waals surface area (Å²) in [6, 6.07) is 4.43. The smallest absolute Gasteiger partial charge is 0.271 e. The van der Waals surface area contributed by atoms with Crippen molar-refractivity contribution in [3.8, 4) is 0 Å². The zero-order valence-electron chi connectivity index (χ0n) is 11.2. The number of H-pyrrole nitrogens is 1. The van der Waals surface area contributed by atoms with Crippen molar-refractivity contribution in [3.05, 3.63) is 34.1 Å². The van der Waals surface area contributed by atoms with E-state index in [1.54, 1.807) is 6.07 Å². The van der Waals surface area contributed by atoms with E-state index in [1.165, 1.54) is 12.1 Å². The second-order valence-electron chi connectivity index (χ2n) is 4.52. The molecule has 0 radical (unpaired) electrons. The SMILES string of the molecule is CCCCC(=O)NCc1nc2ccc([N+](=O)[O-])cc2[nH]1. The molecule has 0 saturated heterocycles. The van der Waals surface area contributed by atoms with Gasteiger partial charge in [0.2, 0.25) is 5.91 Å². The first-order valence-electron chi connectivity index (χ1n) is 6.50. The lowest BCUT2D eigenvalue weighted by atomic mass is 10.2. The van der Waals surface area contributed by atoms with E-state index in [2.05, 4.69) is 15.3 Å². The Labute approximate surface area is 115 Å². The number of nitrogens with zero attached hydrogens (tertiary/aromatic N) is 2. The molecule has 7 nitrogen and oxygen atoms in total. The molecule has 0 unspecified atom stereocenters. The van der Waals surface area contributed by atoms with Crippen LogP contribution >= 0.6 is 0 Å². The van der Waals surface area contributed by atoms with Crippen molar-refractivity contribution < 1.29 is 9.72 Å². The van der Waals surface area contributed by atoms with Crippen LogP contribution in [0.3, 0.4) is 0 Å². The number of hydrogen-bond acceptors (Lipinski definition) is 4. The average Bonchev–Trinajstić information content (AvgIpc) is 2.84. The summed E-state index contributed by atoms with van der Waals surface area (Å²) in [4.78, 5) is 29.0. The molecule has 1 aromatic carbocycles. The van der Waals surface area contributed by atoms with E-state index in [4.69, 9.17) is 0 Å². The van der Waals surface area contributed by atoms with Gasteiger partial charge in [-0.1, -0.05) is 13.3 Å². The minimum Gasteiger partial charge on any atom is -0.349 e. The van der Waals surface area contributed by atoms with Crippen LogP contribution in [0.25, 0.3) is 11.0 Å². The predicted molar refractivity (Wildman–Crippen MR) is 74.1 cm³/mol. The highest BCUT2D eigenvalue weighted by Gasteiger charge is 2.10. The Morgan fingerprint density at radius 1 is 1.50 bits per heavy atom. The normalized spacial score (nSPS) is 10.7. The van der Waals surface area contributed by atoms with Gasteiger partial charge in [-0.2, -0.15) is 0 Å². The lowest BCUT2D eigenvalue weighted by Gasteiger charge is -2.01. The fraction of sp³-hybridized carbons (Fsp3) is 0.385. The minimum absolute atomic E-state index is 0.0136. The van der Waals surface area contributed by atoms with Crippen molar-refractivity contribution in [3.63, 3.8) is 0 Å². The fourth-order valence-electron chi connectivity index (χ4n) is 1.86. The Hall–Kier alpha value is -2.44. The van der Waals surface area contributed by atoms with Crippen LogP contribution in [0.2, 0.25) is 0 Å². The number of unbranched alkanes of at least 4 members (excludes halogenated alkanes) is 1. The van der Waals surface area contributed by atoms with E-state index in [-0.39, 0.29) is 11.6 Å². The fourth-order valence-corrected chi connectivity index (χ4v) is 1.86. The lowest BCUT2D eigenvalue weighted by Crippen LogP contribution is -2.22. The molecule has 0 aliphatic carbocycles. The maximum absolute atomic E-state index is 11.5. The van der Waals surface area contributed by atoms with Crippen LogP contribution in [0, 0.1) is 10.1 Å². The van der Waals surface area contributed by atoms with Gasteiger partial charge in [0.1, 0.15) is 5.82 Å². The summed E-state index contributed by atoms with van der Waals surface area (Å²) in [5, 5.41) is 13.4. The quantitative estimate of drug-likeness (QED) is 0.624. The molecular formula is C13H16N4O3. The van der Waals surface area contributed by atoms with Gasteiger partial charge in [-0.05, 0) is 12.5 Å². The number of aromatic nitrogens is 2. The van der Waals surface area contributed by atoms with Crippen molar-refractivity contribution in [2.24, 2.45) is 0 Å². The van der Waals surface area contributed by atoms with Crippen LogP contribution in [0.5, 0.6) is 0 Å². The van der Waals surface area contributed by atoms with Gasteiger partial charge in [0, 0.05) is 18.6 Å². The molecule has 106 valence electrons. The van der Waals surface area contributed by atoms with Crippen LogP contribution in [-0.2, 0) is 11.3 Å². The van der Waals surface area contributed by atoms with Crippen molar-refractivity contribution in [2.45, 2.75) is 32.7 Å². The molecule has 2 aromatic rings. The summed E-state index contributed by atoms with van der Waals surface area (Å²) < 4.78 is 0. The maximum Gasteiger partial charge on any atom is 0.271 e. The van der Waals surface area contributed by atoms with Crippen molar-refractivity contribution in [1.82, 2.24) is 15.3 Å². The first kappa shape index (κ1) is 14.0. The molecular weight excluding hydrogens is 260 g/mol. The Morgan fingerprint density at radius 2 is 2.30 bits per heavy atom. The number of nitrogens with one attached hydrogen (secondary N) is 2. The number of imidazole rings is 1.